The Morgan fingerprint density at radius 2 is 1.74 bits per heavy atom. The molecule has 0 bridgehead atoms. The summed E-state index contributed by atoms with van der Waals surface area (Å²) in [4.78, 5) is 2.57. The second kappa shape index (κ2) is 9.43. The molecule has 0 spiro atoms. The van der Waals surface area contributed by atoms with E-state index in [2.05, 4.69) is 41.4 Å². The van der Waals surface area contributed by atoms with E-state index in [1.54, 1.807) is 7.11 Å². The molecular formula is C14H24Cl2N2O. The Morgan fingerprint density at radius 1 is 1.16 bits per heavy atom. The van der Waals surface area contributed by atoms with Crippen LogP contribution in [0.1, 0.15) is 24.9 Å². The first kappa shape index (κ1) is 18.5. The Hall–Kier alpha value is -0.480. The molecule has 0 aliphatic carbocycles. The summed E-state index contributed by atoms with van der Waals surface area (Å²) >= 11 is 0. The van der Waals surface area contributed by atoms with Crippen molar-refractivity contribution in [2.24, 2.45) is 0 Å². The fraction of sp³-hybridized carbons (Fsp3) is 0.571. The van der Waals surface area contributed by atoms with Crippen molar-refractivity contribution in [2.45, 2.75) is 19.4 Å². The van der Waals surface area contributed by atoms with Crippen LogP contribution in [0.15, 0.2) is 24.3 Å². The molecule has 19 heavy (non-hydrogen) atoms. The molecule has 110 valence electrons. The van der Waals surface area contributed by atoms with Gasteiger partial charge in [0.15, 0.2) is 0 Å². The summed E-state index contributed by atoms with van der Waals surface area (Å²) in [6, 6.07) is 9.03. The average Bonchev–Trinajstić information content (AvgIpc) is 2.42. The van der Waals surface area contributed by atoms with Gasteiger partial charge < -0.3 is 10.1 Å². The molecule has 2 rings (SSSR count). The van der Waals surface area contributed by atoms with Crippen molar-refractivity contribution in [3.05, 3.63) is 29.8 Å². The van der Waals surface area contributed by atoms with Gasteiger partial charge in [-0.15, -0.1) is 24.8 Å². The van der Waals surface area contributed by atoms with Gasteiger partial charge in [0.05, 0.1) is 7.11 Å². The molecule has 0 unspecified atom stereocenters. The molecule has 1 heterocycles. The molecule has 1 saturated heterocycles. The summed E-state index contributed by atoms with van der Waals surface area (Å²) in [5, 5.41) is 3.40. The van der Waals surface area contributed by atoms with Crippen LogP contribution >= 0.6 is 24.8 Å². The Morgan fingerprint density at radius 3 is 2.21 bits per heavy atom. The van der Waals surface area contributed by atoms with E-state index in [9.17, 15) is 0 Å². The fourth-order valence-electron chi connectivity index (χ4n) is 2.52. The molecule has 0 saturated carbocycles. The third-order valence-corrected chi connectivity index (χ3v) is 3.48. The first-order chi connectivity index (χ1) is 8.35. The number of hydrogen-bond donors (Lipinski definition) is 1. The molecule has 1 aromatic carbocycles. The van der Waals surface area contributed by atoms with Crippen molar-refractivity contribution in [1.82, 2.24) is 10.2 Å². The third kappa shape index (κ3) is 4.84. The van der Waals surface area contributed by atoms with E-state index in [1.165, 1.54) is 5.56 Å². The van der Waals surface area contributed by atoms with Crippen LogP contribution in [-0.2, 0) is 0 Å². The summed E-state index contributed by atoms with van der Waals surface area (Å²) in [6.07, 6.45) is 1.16. The number of rotatable bonds is 4. The number of halogens is 2. The maximum Gasteiger partial charge on any atom is 0.118 e. The van der Waals surface area contributed by atoms with Gasteiger partial charge in [0, 0.05) is 32.2 Å². The molecule has 3 nitrogen and oxygen atoms in total. The lowest BCUT2D eigenvalue weighted by Gasteiger charge is -2.34. The maximum atomic E-state index is 5.20. The van der Waals surface area contributed by atoms with Crippen molar-refractivity contribution in [3.8, 4) is 5.75 Å². The molecule has 1 atom stereocenters. The monoisotopic (exact) mass is 306 g/mol. The summed E-state index contributed by atoms with van der Waals surface area (Å²) in [7, 11) is 1.71. The number of hydrogen-bond acceptors (Lipinski definition) is 3. The Kier molecular flexibility index (Phi) is 9.19. The zero-order valence-electron chi connectivity index (χ0n) is 11.6. The van der Waals surface area contributed by atoms with Crippen LogP contribution in [0.2, 0.25) is 0 Å². The highest BCUT2D eigenvalue weighted by Crippen LogP contribution is 2.26. The molecular weight excluding hydrogens is 283 g/mol. The average molecular weight is 307 g/mol. The zero-order valence-corrected chi connectivity index (χ0v) is 13.2. The smallest absolute Gasteiger partial charge is 0.118 e. The van der Waals surface area contributed by atoms with Crippen molar-refractivity contribution >= 4 is 24.8 Å². The number of methoxy groups -OCH3 is 1. The van der Waals surface area contributed by atoms with E-state index in [4.69, 9.17) is 4.74 Å². The van der Waals surface area contributed by atoms with E-state index < -0.39 is 0 Å². The zero-order chi connectivity index (χ0) is 12.1. The van der Waals surface area contributed by atoms with Gasteiger partial charge in [-0.05, 0) is 24.1 Å². The predicted molar refractivity (Wildman–Crippen MR) is 85.0 cm³/mol. The van der Waals surface area contributed by atoms with Crippen LogP contribution in [-0.4, -0.2) is 38.2 Å². The second-order valence-corrected chi connectivity index (χ2v) is 4.48. The maximum absolute atomic E-state index is 5.20. The van der Waals surface area contributed by atoms with Crippen LogP contribution in [0.5, 0.6) is 5.75 Å². The topological polar surface area (TPSA) is 24.5 Å². The highest BCUT2D eigenvalue weighted by atomic mass is 35.5. The Bertz CT molecular complexity index is 340. The van der Waals surface area contributed by atoms with Crippen molar-refractivity contribution in [1.29, 1.82) is 0 Å². The lowest BCUT2D eigenvalue weighted by atomic mass is 10.0. The van der Waals surface area contributed by atoms with Gasteiger partial charge in [0.25, 0.3) is 0 Å². The fourth-order valence-corrected chi connectivity index (χ4v) is 2.52. The first-order valence-corrected chi connectivity index (χ1v) is 6.44. The molecule has 1 aliphatic heterocycles. The van der Waals surface area contributed by atoms with Gasteiger partial charge in [-0.1, -0.05) is 19.1 Å². The van der Waals surface area contributed by atoms with E-state index >= 15 is 0 Å². The van der Waals surface area contributed by atoms with Crippen LogP contribution in [0.25, 0.3) is 0 Å². The minimum atomic E-state index is 0. The van der Waals surface area contributed by atoms with E-state index in [0.29, 0.717) is 6.04 Å². The van der Waals surface area contributed by atoms with E-state index in [1.807, 2.05) is 0 Å². The van der Waals surface area contributed by atoms with Crippen LogP contribution in [0.4, 0.5) is 0 Å². The Labute approximate surface area is 128 Å². The molecule has 0 aromatic heterocycles. The molecule has 1 aromatic rings. The number of piperazine rings is 1. The summed E-state index contributed by atoms with van der Waals surface area (Å²) < 4.78 is 5.20. The molecule has 1 fully saturated rings. The normalized spacial score (nSPS) is 16.9. The lowest BCUT2D eigenvalue weighted by molar-refractivity contribution is 0.169. The molecule has 1 N–H and O–H groups in total. The summed E-state index contributed by atoms with van der Waals surface area (Å²) in [6.45, 7) is 6.76. The number of nitrogens with zero attached hydrogens (tertiary/aromatic N) is 1. The molecule has 5 heteroatoms. The van der Waals surface area contributed by atoms with Crippen molar-refractivity contribution in [3.63, 3.8) is 0 Å². The highest BCUT2D eigenvalue weighted by molar-refractivity contribution is 5.85. The highest BCUT2D eigenvalue weighted by Gasteiger charge is 2.20. The van der Waals surface area contributed by atoms with Gasteiger partial charge in [-0.25, -0.2) is 0 Å². The van der Waals surface area contributed by atoms with Crippen molar-refractivity contribution < 1.29 is 4.74 Å². The van der Waals surface area contributed by atoms with Gasteiger partial charge in [0.2, 0.25) is 0 Å². The molecule has 1 aliphatic rings. The molecule has 0 amide bonds. The molecule has 0 radical (unpaired) electrons. The lowest BCUT2D eigenvalue weighted by Crippen LogP contribution is -2.45. The minimum absolute atomic E-state index is 0. The van der Waals surface area contributed by atoms with Gasteiger partial charge in [-0.2, -0.15) is 0 Å². The van der Waals surface area contributed by atoms with Gasteiger partial charge in [0.1, 0.15) is 5.75 Å². The predicted octanol–water partition coefficient (Wildman–Crippen LogP) is 2.90. The Balaban J connectivity index is 0.00000162. The number of ether oxygens (including phenoxy) is 1. The van der Waals surface area contributed by atoms with Gasteiger partial charge in [-0.3, -0.25) is 4.90 Å². The number of nitrogens with one attached hydrogen (secondary N) is 1. The number of benzene rings is 1. The first-order valence-electron chi connectivity index (χ1n) is 6.44. The third-order valence-electron chi connectivity index (χ3n) is 3.48. The second-order valence-electron chi connectivity index (χ2n) is 4.48. The largest absolute Gasteiger partial charge is 0.497 e. The standard InChI is InChI=1S/C14H22N2O.2ClH/c1-3-14(16-10-8-15-9-11-16)12-4-6-13(17-2)7-5-12;;/h4-7,14-15H,3,8-11H2,1-2H3;2*1H/t14-;;/m0../s1. The SMILES string of the molecule is CC[C@@H](c1ccc(OC)cc1)N1CCNCC1.Cl.Cl. The van der Waals surface area contributed by atoms with Gasteiger partial charge >= 0.3 is 0 Å². The van der Waals surface area contributed by atoms with Crippen LogP contribution in [0, 0.1) is 0 Å². The van der Waals surface area contributed by atoms with Crippen LogP contribution in [0.3, 0.4) is 0 Å². The summed E-state index contributed by atoms with van der Waals surface area (Å²) in [5.41, 5.74) is 1.40. The minimum Gasteiger partial charge on any atom is -0.497 e. The van der Waals surface area contributed by atoms with E-state index in [0.717, 1.165) is 38.3 Å². The van der Waals surface area contributed by atoms with Crippen LogP contribution < -0.4 is 10.1 Å². The summed E-state index contributed by atoms with van der Waals surface area (Å²) in [5.74, 6) is 0.934. The van der Waals surface area contributed by atoms with E-state index in [-0.39, 0.29) is 24.8 Å². The van der Waals surface area contributed by atoms with Crippen molar-refractivity contribution in [2.75, 3.05) is 33.3 Å². The quantitative estimate of drug-likeness (QED) is 0.926.